The number of hydrogen-bond acceptors (Lipinski definition) is 4. The average molecular weight is 299 g/mol. The lowest BCUT2D eigenvalue weighted by Gasteiger charge is -2.22. The first kappa shape index (κ1) is 12.8. The number of fused-ring (bicyclic) bond motifs is 4. The fourth-order valence-corrected chi connectivity index (χ4v) is 2.88. The zero-order valence-electron chi connectivity index (χ0n) is 10.9. The van der Waals surface area contributed by atoms with Gasteiger partial charge in [-0.3, -0.25) is 4.68 Å². The summed E-state index contributed by atoms with van der Waals surface area (Å²) in [6.45, 7) is 0.823. The Hall–Kier alpha value is -1.90. The molecule has 0 aromatic carbocycles. The molecular formula is C12H12F3N5O. The molecule has 0 amide bonds. The Bertz CT molecular complexity index is 677. The van der Waals surface area contributed by atoms with Gasteiger partial charge in [-0.05, 0) is 18.9 Å². The van der Waals surface area contributed by atoms with Crippen LogP contribution in [0.5, 0.6) is 0 Å². The van der Waals surface area contributed by atoms with Crippen LogP contribution < -0.4 is 0 Å². The standard InChI is InChI=1S/C12H12F3N5O/c13-12(14,15)9-3-4-19(18-9)6-10-16-17-11-8-2-1-7(21-8)5-20(10)11/h3-4,7-8H,1-2,5-6H2/t7-,8+/m1/s1. The van der Waals surface area contributed by atoms with Gasteiger partial charge in [0.05, 0.1) is 12.6 Å². The van der Waals surface area contributed by atoms with Crippen molar-refractivity contribution < 1.29 is 17.9 Å². The number of hydrogen-bond donors (Lipinski definition) is 0. The summed E-state index contributed by atoms with van der Waals surface area (Å²) in [5.41, 5.74) is -0.899. The van der Waals surface area contributed by atoms with Crippen molar-refractivity contribution in [1.82, 2.24) is 24.5 Å². The number of alkyl halides is 3. The maximum atomic E-state index is 12.5. The third kappa shape index (κ3) is 2.11. The van der Waals surface area contributed by atoms with Gasteiger partial charge in [0.25, 0.3) is 0 Å². The van der Waals surface area contributed by atoms with Crippen LogP contribution in [-0.2, 0) is 24.0 Å². The zero-order valence-corrected chi connectivity index (χ0v) is 10.9. The topological polar surface area (TPSA) is 57.8 Å². The molecule has 2 bridgehead atoms. The van der Waals surface area contributed by atoms with Crippen molar-refractivity contribution in [2.24, 2.45) is 0 Å². The highest BCUT2D eigenvalue weighted by Gasteiger charge is 2.37. The third-order valence-electron chi connectivity index (χ3n) is 3.87. The van der Waals surface area contributed by atoms with Crippen molar-refractivity contribution in [3.05, 3.63) is 29.6 Å². The van der Waals surface area contributed by atoms with Crippen LogP contribution in [0.1, 0.15) is 36.3 Å². The van der Waals surface area contributed by atoms with Gasteiger partial charge in [0, 0.05) is 6.20 Å². The molecule has 0 unspecified atom stereocenters. The molecule has 0 saturated carbocycles. The molecule has 1 saturated heterocycles. The van der Waals surface area contributed by atoms with Crippen LogP contribution >= 0.6 is 0 Å². The maximum absolute atomic E-state index is 12.5. The van der Waals surface area contributed by atoms with E-state index in [1.165, 1.54) is 10.9 Å². The molecular weight excluding hydrogens is 287 g/mol. The zero-order chi connectivity index (χ0) is 14.6. The molecule has 0 radical (unpaired) electrons. The Morgan fingerprint density at radius 1 is 1.29 bits per heavy atom. The molecule has 2 atom stereocenters. The van der Waals surface area contributed by atoms with Crippen molar-refractivity contribution in [2.45, 2.75) is 44.3 Å². The van der Waals surface area contributed by atoms with Gasteiger partial charge in [0.2, 0.25) is 0 Å². The molecule has 2 aliphatic rings. The molecule has 4 heterocycles. The molecule has 1 fully saturated rings. The Morgan fingerprint density at radius 3 is 2.90 bits per heavy atom. The van der Waals surface area contributed by atoms with Crippen molar-refractivity contribution in [3.8, 4) is 0 Å². The second kappa shape index (κ2) is 4.30. The molecule has 4 rings (SSSR count). The second-order valence-corrected chi connectivity index (χ2v) is 5.31. The molecule has 0 aliphatic carbocycles. The van der Waals surface area contributed by atoms with Gasteiger partial charge in [0.15, 0.2) is 17.3 Å². The van der Waals surface area contributed by atoms with Crippen LogP contribution in [0.15, 0.2) is 12.3 Å². The normalized spacial score (nSPS) is 24.3. The summed E-state index contributed by atoms with van der Waals surface area (Å²) in [6.07, 6.45) is -1.11. The highest BCUT2D eigenvalue weighted by atomic mass is 19.4. The number of halogens is 3. The molecule has 112 valence electrons. The largest absolute Gasteiger partial charge is 0.435 e. The summed E-state index contributed by atoms with van der Waals surface area (Å²) in [7, 11) is 0. The van der Waals surface area contributed by atoms with Gasteiger partial charge < -0.3 is 9.30 Å². The fraction of sp³-hybridized carbons (Fsp3) is 0.583. The second-order valence-electron chi connectivity index (χ2n) is 5.31. The number of ether oxygens (including phenoxy) is 1. The Balaban J connectivity index is 1.60. The van der Waals surface area contributed by atoms with E-state index in [9.17, 15) is 13.2 Å². The van der Waals surface area contributed by atoms with Crippen LogP contribution in [0.4, 0.5) is 13.2 Å². The summed E-state index contributed by atoms with van der Waals surface area (Å²) in [4.78, 5) is 0. The van der Waals surface area contributed by atoms with Crippen LogP contribution in [-0.4, -0.2) is 30.6 Å². The molecule has 2 aliphatic heterocycles. The van der Waals surface area contributed by atoms with E-state index in [1.54, 1.807) is 0 Å². The predicted octanol–water partition coefficient (Wildman–Crippen LogP) is 1.78. The molecule has 0 N–H and O–H groups in total. The van der Waals surface area contributed by atoms with E-state index in [2.05, 4.69) is 15.3 Å². The number of rotatable bonds is 2. The first-order chi connectivity index (χ1) is 10.0. The predicted molar refractivity (Wildman–Crippen MR) is 63.2 cm³/mol. The van der Waals surface area contributed by atoms with Crippen LogP contribution in [0, 0.1) is 0 Å². The van der Waals surface area contributed by atoms with Crippen LogP contribution in [0.2, 0.25) is 0 Å². The lowest BCUT2D eigenvalue weighted by Crippen LogP contribution is -2.25. The molecule has 9 heteroatoms. The Labute approximate surface area is 117 Å². The van der Waals surface area contributed by atoms with E-state index in [1.807, 2.05) is 4.57 Å². The van der Waals surface area contributed by atoms with Gasteiger partial charge in [-0.25, -0.2) is 0 Å². The average Bonchev–Trinajstić information content (AvgIpc) is 3.11. The van der Waals surface area contributed by atoms with Gasteiger partial charge in [-0.2, -0.15) is 18.3 Å². The molecule has 0 spiro atoms. The van der Waals surface area contributed by atoms with Crippen molar-refractivity contribution >= 4 is 0 Å². The third-order valence-corrected chi connectivity index (χ3v) is 3.87. The Morgan fingerprint density at radius 2 is 2.14 bits per heavy atom. The minimum Gasteiger partial charge on any atom is -0.365 e. The van der Waals surface area contributed by atoms with Crippen molar-refractivity contribution in [1.29, 1.82) is 0 Å². The summed E-state index contributed by atoms with van der Waals surface area (Å²) in [5.74, 6) is 1.38. The van der Waals surface area contributed by atoms with E-state index < -0.39 is 11.9 Å². The van der Waals surface area contributed by atoms with Gasteiger partial charge in [-0.15, -0.1) is 10.2 Å². The van der Waals surface area contributed by atoms with Gasteiger partial charge in [0.1, 0.15) is 12.6 Å². The molecule has 21 heavy (non-hydrogen) atoms. The van der Waals surface area contributed by atoms with E-state index in [0.717, 1.165) is 24.7 Å². The lowest BCUT2D eigenvalue weighted by molar-refractivity contribution is -0.141. The lowest BCUT2D eigenvalue weighted by atomic mass is 10.2. The molecule has 2 aromatic rings. The van der Waals surface area contributed by atoms with Crippen LogP contribution in [0.25, 0.3) is 0 Å². The van der Waals surface area contributed by atoms with Crippen LogP contribution in [0.3, 0.4) is 0 Å². The fourth-order valence-electron chi connectivity index (χ4n) is 2.88. The van der Waals surface area contributed by atoms with Gasteiger partial charge >= 0.3 is 6.18 Å². The van der Waals surface area contributed by atoms with E-state index in [0.29, 0.717) is 12.4 Å². The smallest absolute Gasteiger partial charge is 0.365 e. The summed E-state index contributed by atoms with van der Waals surface area (Å²) in [5, 5.41) is 11.7. The summed E-state index contributed by atoms with van der Waals surface area (Å²) in [6, 6.07) is 0.959. The highest BCUT2D eigenvalue weighted by Crippen LogP contribution is 2.37. The highest BCUT2D eigenvalue weighted by molar-refractivity contribution is 5.08. The SMILES string of the molecule is FC(F)(F)c1ccn(Cc2nnc3n2C[C@H]2CC[C@@H]3O2)n1. The Kier molecular flexibility index (Phi) is 2.62. The number of aromatic nitrogens is 5. The van der Waals surface area contributed by atoms with Crippen molar-refractivity contribution in [2.75, 3.05) is 0 Å². The minimum atomic E-state index is -4.43. The quantitative estimate of drug-likeness (QED) is 0.848. The molecule has 2 aromatic heterocycles. The summed E-state index contributed by atoms with van der Waals surface area (Å²) >= 11 is 0. The maximum Gasteiger partial charge on any atom is 0.435 e. The first-order valence-electron chi connectivity index (χ1n) is 6.69. The van der Waals surface area contributed by atoms with E-state index in [4.69, 9.17) is 4.74 Å². The van der Waals surface area contributed by atoms with E-state index in [-0.39, 0.29) is 18.8 Å². The van der Waals surface area contributed by atoms with E-state index >= 15 is 0 Å². The monoisotopic (exact) mass is 299 g/mol. The minimum absolute atomic E-state index is 0.0339. The number of nitrogens with zero attached hydrogens (tertiary/aromatic N) is 5. The summed E-state index contributed by atoms with van der Waals surface area (Å²) < 4.78 is 46.5. The molecule has 6 nitrogen and oxygen atoms in total. The van der Waals surface area contributed by atoms with Crippen molar-refractivity contribution in [3.63, 3.8) is 0 Å². The first-order valence-corrected chi connectivity index (χ1v) is 6.69. The van der Waals surface area contributed by atoms with Gasteiger partial charge in [-0.1, -0.05) is 0 Å².